The molecule has 3 aromatic rings. The molecule has 0 radical (unpaired) electrons. The maximum atomic E-state index is 12.3. The molecule has 0 bridgehead atoms. The second kappa shape index (κ2) is 7.87. The summed E-state index contributed by atoms with van der Waals surface area (Å²) in [6.45, 7) is 5.89. The van der Waals surface area contributed by atoms with Crippen LogP contribution in [0.1, 0.15) is 16.7 Å². The quantitative estimate of drug-likeness (QED) is 0.467. The number of para-hydroxylation sites is 1. The molecule has 3 nitrogen and oxygen atoms in total. The normalized spacial score (nSPS) is 10.4. The molecule has 0 aliphatic carbocycles. The Morgan fingerprint density at radius 1 is 0.846 bits per heavy atom. The van der Waals surface area contributed by atoms with E-state index in [9.17, 15) is 4.79 Å². The van der Waals surface area contributed by atoms with Crippen LogP contribution in [-0.2, 0) is 4.79 Å². The molecule has 0 aliphatic rings. The Balaban J connectivity index is 1.72. The minimum Gasteiger partial charge on any atom is -0.482 e. The van der Waals surface area contributed by atoms with Gasteiger partial charge < -0.3 is 9.47 Å². The van der Waals surface area contributed by atoms with Gasteiger partial charge in [-0.2, -0.15) is 0 Å². The van der Waals surface area contributed by atoms with Gasteiger partial charge in [-0.1, -0.05) is 54.6 Å². The van der Waals surface area contributed by atoms with Crippen molar-refractivity contribution < 1.29 is 14.3 Å². The molecule has 3 heteroatoms. The summed E-state index contributed by atoms with van der Waals surface area (Å²) in [6.07, 6.45) is 0. The lowest BCUT2D eigenvalue weighted by atomic mass is 10.1. The zero-order valence-electron chi connectivity index (χ0n) is 15.3. The number of aryl methyl sites for hydroxylation is 2. The van der Waals surface area contributed by atoms with E-state index in [4.69, 9.17) is 9.47 Å². The highest BCUT2D eigenvalue weighted by molar-refractivity contribution is 5.79. The smallest absolute Gasteiger partial charge is 0.349 e. The molecule has 0 aliphatic heterocycles. The van der Waals surface area contributed by atoms with E-state index >= 15 is 0 Å². The first-order valence-electron chi connectivity index (χ1n) is 8.60. The van der Waals surface area contributed by atoms with Crippen molar-refractivity contribution in [3.05, 3.63) is 83.4 Å². The third-order valence-corrected chi connectivity index (χ3v) is 4.31. The summed E-state index contributed by atoms with van der Waals surface area (Å²) in [4.78, 5) is 12.3. The Hall–Kier alpha value is -3.07. The molecule has 0 unspecified atom stereocenters. The van der Waals surface area contributed by atoms with Crippen LogP contribution in [0.4, 0.5) is 0 Å². The predicted octanol–water partition coefficient (Wildman–Crippen LogP) is 5.26. The van der Waals surface area contributed by atoms with Crippen molar-refractivity contribution in [3.8, 4) is 22.6 Å². The van der Waals surface area contributed by atoms with Crippen LogP contribution >= 0.6 is 0 Å². The maximum Gasteiger partial charge on any atom is 0.349 e. The molecule has 0 saturated carbocycles. The number of hydrogen-bond donors (Lipinski definition) is 0. The average molecular weight is 346 g/mol. The summed E-state index contributed by atoms with van der Waals surface area (Å²) in [5.74, 6) is 0.826. The third kappa shape index (κ3) is 4.12. The largest absolute Gasteiger partial charge is 0.482 e. The molecule has 0 spiro atoms. The van der Waals surface area contributed by atoms with E-state index in [-0.39, 0.29) is 6.61 Å². The summed E-state index contributed by atoms with van der Waals surface area (Å²) in [7, 11) is 0. The van der Waals surface area contributed by atoms with Crippen molar-refractivity contribution in [3.63, 3.8) is 0 Å². The fraction of sp³-hybridized carbons (Fsp3) is 0.174. The third-order valence-electron chi connectivity index (χ3n) is 4.31. The van der Waals surface area contributed by atoms with Crippen LogP contribution in [0.15, 0.2) is 66.7 Å². The Kier molecular flexibility index (Phi) is 5.37. The fourth-order valence-electron chi connectivity index (χ4n) is 2.85. The Bertz CT molecular complexity index is 914. The van der Waals surface area contributed by atoms with Crippen LogP contribution in [-0.4, -0.2) is 12.6 Å². The monoisotopic (exact) mass is 346 g/mol. The summed E-state index contributed by atoms with van der Waals surface area (Å²) >= 11 is 0. The molecule has 0 heterocycles. The molecular weight excluding hydrogens is 324 g/mol. The summed E-state index contributed by atoms with van der Waals surface area (Å²) in [5, 5.41) is 0. The van der Waals surface area contributed by atoms with Crippen LogP contribution in [0.2, 0.25) is 0 Å². The molecule has 3 aromatic carbocycles. The minimum atomic E-state index is -0.424. The van der Waals surface area contributed by atoms with Gasteiger partial charge in [-0.25, -0.2) is 4.79 Å². The second-order valence-corrected chi connectivity index (χ2v) is 6.33. The summed E-state index contributed by atoms with van der Waals surface area (Å²) < 4.78 is 11.3. The molecule has 0 saturated heterocycles. The van der Waals surface area contributed by atoms with Crippen LogP contribution < -0.4 is 9.47 Å². The highest BCUT2D eigenvalue weighted by atomic mass is 16.6. The van der Waals surface area contributed by atoms with Gasteiger partial charge in [0.05, 0.1) is 0 Å². The van der Waals surface area contributed by atoms with E-state index in [1.54, 1.807) is 6.07 Å². The van der Waals surface area contributed by atoms with Crippen molar-refractivity contribution >= 4 is 5.97 Å². The first kappa shape index (κ1) is 17.7. The van der Waals surface area contributed by atoms with Gasteiger partial charge in [0.15, 0.2) is 6.61 Å². The van der Waals surface area contributed by atoms with Crippen LogP contribution in [0, 0.1) is 20.8 Å². The van der Waals surface area contributed by atoms with Gasteiger partial charge in [0.25, 0.3) is 0 Å². The van der Waals surface area contributed by atoms with E-state index in [1.165, 1.54) is 0 Å². The van der Waals surface area contributed by atoms with Gasteiger partial charge in [-0.05, 0) is 55.2 Å². The highest BCUT2D eigenvalue weighted by Gasteiger charge is 2.12. The fourth-order valence-corrected chi connectivity index (χ4v) is 2.85. The summed E-state index contributed by atoms with van der Waals surface area (Å²) in [6, 6.07) is 21.4. The zero-order valence-corrected chi connectivity index (χ0v) is 15.3. The van der Waals surface area contributed by atoms with Crippen LogP contribution in [0.25, 0.3) is 11.1 Å². The second-order valence-electron chi connectivity index (χ2n) is 6.33. The maximum absolute atomic E-state index is 12.3. The molecule has 0 fully saturated rings. The van der Waals surface area contributed by atoms with Crippen LogP contribution in [0.5, 0.6) is 11.5 Å². The van der Waals surface area contributed by atoms with E-state index < -0.39 is 5.97 Å². The molecule has 0 atom stereocenters. The number of esters is 1. The molecular formula is C23H22O3. The first-order valence-corrected chi connectivity index (χ1v) is 8.60. The number of carbonyl (C=O) groups excluding carboxylic acids is 1. The minimum absolute atomic E-state index is 0.132. The molecule has 0 N–H and O–H groups in total. The van der Waals surface area contributed by atoms with E-state index in [0.717, 1.165) is 33.6 Å². The standard InChI is InChI=1S/C23H22O3/c1-16-13-17(2)18(3)22(14-16)25-15-23(24)26-21-12-8-7-11-20(21)19-9-5-4-6-10-19/h4-14H,15H2,1-3H3. The SMILES string of the molecule is Cc1cc(C)c(C)c(OCC(=O)Oc2ccccc2-c2ccccc2)c1. The Labute approximate surface area is 154 Å². The van der Waals surface area contributed by atoms with E-state index in [1.807, 2.05) is 75.4 Å². The number of rotatable bonds is 5. The molecule has 26 heavy (non-hydrogen) atoms. The average Bonchev–Trinajstić information content (AvgIpc) is 2.64. The topological polar surface area (TPSA) is 35.5 Å². The van der Waals surface area contributed by atoms with Crippen molar-refractivity contribution in [2.24, 2.45) is 0 Å². The van der Waals surface area contributed by atoms with Crippen molar-refractivity contribution in [2.75, 3.05) is 6.61 Å². The molecule has 132 valence electrons. The van der Waals surface area contributed by atoms with Gasteiger partial charge in [0.2, 0.25) is 0 Å². The van der Waals surface area contributed by atoms with Gasteiger partial charge in [-0.15, -0.1) is 0 Å². The van der Waals surface area contributed by atoms with Gasteiger partial charge in [-0.3, -0.25) is 0 Å². The van der Waals surface area contributed by atoms with Gasteiger partial charge in [0, 0.05) is 5.56 Å². The van der Waals surface area contributed by atoms with Crippen molar-refractivity contribution in [1.29, 1.82) is 0 Å². The molecule has 0 amide bonds. The lowest BCUT2D eigenvalue weighted by molar-refractivity contribution is -0.136. The zero-order chi connectivity index (χ0) is 18.5. The van der Waals surface area contributed by atoms with Crippen LogP contribution in [0.3, 0.4) is 0 Å². The number of hydrogen-bond acceptors (Lipinski definition) is 3. The van der Waals surface area contributed by atoms with Gasteiger partial charge in [0.1, 0.15) is 11.5 Å². The van der Waals surface area contributed by atoms with Gasteiger partial charge >= 0.3 is 5.97 Å². The van der Waals surface area contributed by atoms with E-state index in [2.05, 4.69) is 6.07 Å². The van der Waals surface area contributed by atoms with Crippen molar-refractivity contribution in [1.82, 2.24) is 0 Å². The molecule has 0 aromatic heterocycles. The first-order chi connectivity index (χ1) is 12.5. The number of ether oxygens (including phenoxy) is 2. The lowest BCUT2D eigenvalue weighted by Gasteiger charge is -2.13. The molecule has 3 rings (SSSR count). The van der Waals surface area contributed by atoms with E-state index in [0.29, 0.717) is 5.75 Å². The van der Waals surface area contributed by atoms with Crippen molar-refractivity contribution in [2.45, 2.75) is 20.8 Å². The number of benzene rings is 3. The summed E-state index contributed by atoms with van der Waals surface area (Å²) in [5.41, 5.74) is 5.16. The Morgan fingerprint density at radius 2 is 1.54 bits per heavy atom. The number of carbonyl (C=O) groups is 1. The highest BCUT2D eigenvalue weighted by Crippen LogP contribution is 2.30. The predicted molar refractivity (Wildman–Crippen MR) is 104 cm³/mol. The lowest BCUT2D eigenvalue weighted by Crippen LogP contribution is -2.18. The Morgan fingerprint density at radius 3 is 2.31 bits per heavy atom.